The van der Waals surface area contributed by atoms with E-state index in [0.29, 0.717) is 6.61 Å². The van der Waals surface area contributed by atoms with Crippen LogP contribution >= 0.6 is 0 Å². The van der Waals surface area contributed by atoms with E-state index >= 15 is 0 Å². The molecule has 1 aromatic rings. The second kappa shape index (κ2) is 7.17. The summed E-state index contributed by atoms with van der Waals surface area (Å²) in [6, 6.07) is 6.24. The molecule has 0 aliphatic rings. The van der Waals surface area contributed by atoms with Gasteiger partial charge in [0.2, 0.25) is 0 Å². The van der Waals surface area contributed by atoms with Crippen LogP contribution in [-0.4, -0.2) is 19.8 Å². The maximum atomic E-state index is 5.95. The largest absolute Gasteiger partial charge is 0.493 e. The fourth-order valence-corrected chi connectivity index (χ4v) is 1.62. The van der Waals surface area contributed by atoms with E-state index in [4.69, 9.17) is 15.2 Å². The number of hydrogen-bond donors (Lipinski definition) is 1. The van der Waals surface area contributed by atoms with Crippen molar-refractivity contribution in [1.29, 1.82) is 0 Å². The minimum atomic E-state index is 0.211. The maximum Gasteiger partial charge on any atom is 0.161 e. The van der Waals surface area contributed by atoms with Gasteiger partial charge in [0.15, 0.2) is 11.5 Å². The van der Waals surface area contributed by atoms with Gasteiger partial charge >= 0.3 is 0 Å². The highest BCUT2D eigenvalue weighted by Crippen LogP contribution is 2.28. The van der Waals surface area contributed by atoms with Crippen LogP contribution in [0.1, 0.15) is 32.3 Å². The second-order valence-corrected chi connectivity index (χ2v) is 4.21. The summed E-state index contributed by atoms with van der Waals surface area (Å²) in [6.45, 7) is 4.89. The first-order valence-corrected chi connectivity index (χ1v) is 6.26. The summed E-state index contributed by atoms with van der Waals surface area (Å²) in [5.74, 6) is 1.60. The fourth-order valence-electron chi connectivity index (χ4n) is 1.62. The average Bonchev–Trinajstić information content (AvgIpc) is 2.36. The Morgan fingerprint density at radius 2 is 2.00 bits per heavy atom. The topological polar surface area (TPSA) is 44.5 Å². The lowest BCUT2D eigenvalue weighted by Gasteiger charge is -2.13. The summed E-state index contributed by atoms with van der Waals surface area (Å²) >= 11 is 0. The zero-order valence-electron chi connectivity index (χ0n) is 11.0. The first-order valence-electron chi connectivity index (χ1n) is 6.26. The molecule has 3 heteroatoms. The van der Waals surface area contributed by atoms with Gasteiger partial charge in [0.1, 0.15) is 0 Å². The number of hydrogen-bond acceptors (Lipinski definition) is 3. The van der Waals surface area contributed by atoms with Crippen LogP contribution in [0.2, 0.25) is 0 Å². The molecule has 3 nitrogen and oxygen atoms in total. The van der Waals surface area contributed by atoms with E-state index in [9.17, 15) is 0 Å². The predicted molar refractivity (Wildman–Crippen MR) is 70.8 cm³/mol. The van der Waals surface area contributed by atoms with Crippen molar-refractivity contribution in [3.63, 3.8) is 0 Å². The lowest BCUT2D eigenvalue weighted by atomic mass is 10.0. The van der Waals surface area contributed by atoms with Crippen molar-refractivity contribution in [2.45, 2.75) is 39.2 Å². The third-order valence-corrected chi connectivity index (χ3v) is 2.71. The van der Waals surface area contributed by atoms with Crippen LogP contribution in [0, 0.1) is 0 Å². The SMILES string of the molecule is CCCOc1cc(C[C@H](N)CC)ccc1OC. The highest BCUT2D eigenvalue weighted by atomic mass is 16.5. The van der Waals surface area contributed by atoms with E-state index in [-0.39, 0.29) is 6.04 Å². The van der Waals surface area contributed by atoms with Gasteiger partial charge in [-0.15, -0.1) is 0 Å². The Morgan fingerprint density at radius 1 is 1.24 bits per heavy atom. The summed E-state index contributed by atoms with van der Waals surface area (Å²) in [5.41, 5.74) is 7.15. The molecule has 1 aromatic carbocycles. The number of nitrogens with two attached hydrogens (primary N) is 1. The van der Waals surface area contributed by atoms with E-state index in [2.05, 4.69) is 13.8 Å². The zero-order valence-corrected chi connectivity index (χ0v) is 11.0. The van der Waals surface area contributed by atoms with Gasteiger partial charge < -0.3 is 15.2 Å². The van der Waals surface area contributed by atoms with Crippen molar-refractivity contribution >= 4 is 0 Å². The third-order valence-electron chi connectivity index (χ3n) is 2.71. The fraction of sp³-hybridized carbons (Fsp3) is 0.571. The Hall–Kier alpha value is -1.22. The first-order chi connectivity index (χ1) is 8.21. The number of ether oxygens (including phenoxy) is 2. The van der Waals surface area contributed by atoms with E-state index < -0.39 is 0 Å². The van der Waals surface area contributed by atoms with Crippen molar-refractivity contribution in [3.05, 3.63) is 23.8 Å². The standard InChI is InChI=1S/C14H23NO2/c1-4-8-17-14-10-11(9-12(15)5-2)6-7-13(14)16-3/h6-7,10,12H,4-5,8-9,15H2,1-3H3/t12-/m1/s1. The monoisotopic (exact) mass is 237 g/mol. The molecule has 0 spiro atoms. The molecule has 0 aliphatic heterocycles. The Labute approximate surface area is 104 Å². The van der Waals surface area contributed by atoms with Gasteiger partial charge in [-0.3, -0.25) is 0 Å². The van der Waals surface area contributed by atoms with Gasteiger partial charge in [-0.1, -0.05) is 19.9 Å². The van der Waals surface area contributed by atoms with Gasteiger partial charge in [-0.05, 0) is 37.0 Å². The maximum absolute atomic E-state index is 5.95. The minimum Gasteiger partial charge on any atom is -0.493 e. The van der Waals surface area contributed by atoms with Crippen molar-refractivity contribution in [3.8, 4) is 11.5 Å². The molecule has 96 valence electrons. The minimum absolute atomic E-state index is 0.211. The Kier molecular flexibility index (Phi) is 5.84. The molecule has 0 aliphatic carbocycles. The number of rotatable bonds is 7. The molecule has 0 heterocycles. The van der Waals surface area contributed by atoms with Crippen LogP contribution < -0.4 is 15.2 Å². The van der Waals surface area contributed by atoms with E-state index in [1.165, 1.54) is 5.56 Å². The number of benzene rings is 1. The smallest absolute Gasteiger partial charge is 0.161 e. The molecule has 0 bridgehead atoms. The Balaban J connectivity index is 2.80. The molecule has 0 saturated heterocycles. The normalized spacial score (nSPS) is 12.2. The molecule has 1 atom stereocenters. The second-order valence-electron chi connectivity index (χ2n) is 4.21. The molecule has 2 N–H and O–H groups in total. The zero-order chi connectivity index (χ0) is 12.7. The van der Waals surface area contributed by atoms with Crippen molar-refractivity contribution in [2.24, 2.45) is 5.73 Å². The van der Waals surface area contributed by atoms with Crippen LogP contribution in [0.4, 0.5) is 0 Å². The van der Waals surface area contributed by atoms with Crippen molar-refractivity contribution < 1.29 is 9.47 Å². The summed E-state index contributed by atoms with van der Waals surface area (Å²) in [7, 11) is 1.66. The van der Waals surface area contributed by atoms with Gasteiger partial charge in [-0.25, -0.2) is 0 Å². The van der Waals surface area contributed by atoms with Crippen LogP contribution in [0.3, 0.4) is 0 Å². The third kappa shape index (κ3) is 4.27. The highest BCUT2D eigenvalue weighted by molar-refractivity contribution is 5.43. The summed E-state index contributed by atoms with van der Waals surface area (Å²) in [4.78, 5) is 0. The average molecular weight is 237 g/mol. The van der Waals surface area contributed by atoms with Gasteiger partial charge in [0.05, 0.1) is 13.7 Å². The van der Waals surface area contributed by atoms with Gasteiger partial charge in [-0.2, -0.15) is 0 Å². The molecule has 1 rings (SSSR count). The summed E-state index contributed by atoms with van der Waals surface area (Å²) in [6.07, 6.45) is 2.85. The summed E-state index contributed by atoms with van der Waals surface area (Å²) in [5, 5.41) is 0. The molecule has 0 aromatic heterocycles. The van der Waals surface area contributed by atoms with Gasteiger partial charge in [0, 0.05) is 6.04 Å². The summed E-state index contributed by atoms with van der Waals surface area (Å²) < 4.78 is 10.9. The Morgan fingerprint density at radius 3 is 2.59 bits per heavy atom. The van der Waals surface area contributed by atoms with E-state index in [1.54, 1.807) is 7.11 Å². The van der Waals surface area contributed by atoms with Crippen LogP contribution in [0.15, 0.2) is 18.2 Å². The van der Waals surface area contributed by atoms with Gasteiger partial charge in [0.25, 0.3) is 0 Å². The molecular weight excluding hydrogens is 214 g/mol. The Bertz CT molecular complexity index is 339. The lowest BCUT2D eigenvalue weighted by Crippen LogP contribution is -2.21. The van der Waals surface area contributed by atoms with Crippen LogP contribution in [0.5, 0.6) is 11.5 Å². The lowest BCUT2D eigenvalue weighted by molar-refractivity contribution is 0.294. The van der Waals surface area contributed by atoms with E-state index in [0.717, 1.165) is 30.8 Å². The quantitative estimate of drug-likeness (QED) is 0.793. The number of methoxy groups -OCH3 is 1. The molecular formula is C14H23NO2. The highest BCUT2D eigenvalue weighted by Gasteiger charge is 2.07. The molecule has 0 saturated carbocycles. The van der Waals surface area contributed by atoms with Crippen LogP contribution in [0.25, 0.3) is 0 Å². The molecule has 17 heavy (non-hydrogen) atoms. The molecule has 0 radical (unpaired) electrons. The van der Waals surface area contributed by atoms with Crippen molar-refractivity contribution in [1.82, 2.24) is 0 Å². The predicted octanol–water partition coefficient (Wildman–Crippen LogP) is 2.76. The van der Waals surface area contributed by atoms with Crippen LogP contribution in [-0.2, 0) is 6.42 Å². The van der Waals surface area contributed by atoms with Crippen molar-refractivity contribution in [2.75, 3.05) is 13.7 Å². The molecule has 0 amide bonds. The first kappa shape index (κ1) is 13.8. The van der Waals surface area contributed by atoms with E-state index in [1.807, 2.05) is 18.2 Å². The molecule has 0 fully saturated rings. The molecule has 0 unspecified atom stereocenters.